The van der Waals surface area contributed by atoms with Crippen LogP contribution in [0.1, 0.15) is 30.4 Å². The third kappa shape index (κ3) is 4.17. The Morgan fingerprint density at radius 2 is 2.00 bits per heavy atom. The van der Waals surface area contributed by atoms with E-state index in [0.717, 1.165) is 5.56 Å². The van der Waals surface area contributed by atoms with Crippen LogP contribution in [0.4, 0.5) is 0 Å². The highest BCUT2D eigenvalue weighted by Crippen LogP contribution is 2.32. The highest BCUT2D eigenvalue weighted by Gasteiger charge is 2.23. The highest BCUT2D eigenvalue weighted by molar-refractivity contribution is 5.87. The number of aromatic nitrogens is 1. The van der Waals surface area contributed by atoms with Gasteiger partial charge in [-0.05, 0) is 31.0 Å². The average molecular weight is 345 g/mol. The van der Waals surface area contributed by atoms with Crippen molar-refractivity contribution in [3.05, 3.63) is 41.3 Å². The number of esters is 1. The molecule has 2 heterocycles. The van der Waals surface area contributed by atoms with Gasteiger partial charge in [0.2, 0.25) is 6.79 Å². The summed E-state index contributed by atoms with van der Waals surface area (Å²) in [5.41, 5.74) is 1.27. The minimum absolute atomic E-state index is 0.0590. The standard InChI is InChI=1S/C18H19NO6/c1-3-15(14(20)9-13-6-11(2)25-19-13)24-18(21)8-12-4-5-16-17(7-12)23-10-22-16/h4-7,15H,3,8-10H2,1-2H3. The van der Waals surface area contributed by atoms with Gasteiger partial charge in [0.1, 0.15) is 5.76 Å². The minimum atomic E-state index is -0.793. The molecule has 0 aliphatic carbocycles. The molecule has 1 unspecified atom stereocenters. The van der Waals surface area contributed by atoms with Gasteiger partial charge in [-0.3, -0.25) is 9.59 Å². The number of hydrogen-bond acceptors (Lipinski definition) is 7. The van der Waals surface area contributed by atoms with E-state index in [1.807, 2.05) is 0 Å². The van der Waals surface area contributed by atoms with Crippen LogP contribution in [-0.4, -0.2) is 29.8 Å². The monoisotopic (exact) mass is 345 g/mol. The molecular formula is C18H19NO6. The number of nitrogens with zero attached hydrogens (tertiary/aromatic N) is 1. The normalized spacial score (nSPS) is 13.5. The number of Topliss-reactive ketones (excluding diaryl/α,β-unsaturated/α-hetero) is 1. The molecule has 0 saturated heterocycles. The Morgan fingerprint density at radius 3 is 2.72 bits per heavy atom. The van der Waals surface area contributed by atoms with Gasteiger partial charge in [0, 0.05) is 6.07 Å². The second-order valence-corrected chi connectivity index (χ2v) is 5.82. The van der Waals surface area contributed by atoms with Crippen LogP contribution in [0, 0.1) is 6.92 Å². The number of carbonyl (C=O) groups excluding carboxylic acids is 2. The number of rotatable bonds is 7. The van der Waals surface area contributed by atoms with Crippen molar-refractivity contribution >= 4 is 11.8 Å². The summed E-state index contributed by atoms with van der Waals surface area (Å²) in [6.07, 6.45) is -0.252. The van der Waals surface area contributed by atoms with Crippen LogP contribution in [0.25, 0.3) is 0 Å². The fourth-order valence-electron chi connectivity index (χ4n) is 2.59. The van der Waals surface area contributed by atoms with E-state index in [2.05, 4.69) is 5.16 Å². The molecule has 25 heavy (non-hydrogen) atoms. The summed E-state index contributed by atoms with van der Waals surface area (Å²) in [5, 5.41) is 3.79. The molecular weight excluding hydrogens is 326 g/mol. The maximum absolute atomic E-state index is 12.3. The summed E-state index contributed by atoms with van der Waals surface area (Å²) in [6, 6.07) is 6.96. The van der Waals surface area contributed by atoms with Gasteiger partial charge in [0.05, 0.1) is 18.5 Å². The summed E-state index contributed by atoms with van der Waals surface area (Å²) >= 11 is 0. The van der Waals surface area contributed by atoms with Crippen molar-refractivity contribution in [3.63, 3.8) is 0 Å². The average Bonchev–Trinajstić information content (AvgIpc) is 3.20. The van der Waals surface area contributed by atoms with Gasteiger partial charge in [-0.25, -0.2) is 0 Å². The molecule has 0 radical (unpaired) electrons. The minimum Gasteiger partial charge on any atom is -0.454 e. The third-order valence-electron chi connectivity index (χ3n) is 3.82. The largest absolute Gasteiger partial charge is 0.454 e. The Bertz CT molecular complexity index is 782. The van der Waals surface area contributed by atoms with Gasteiger partial charge in [-0.15, -0.1) is 0 Å². The van der Waals surface area contributed by atoms with E-state index >= 15 is 0 Å². The first kappa shape index (κ1) is 17.0. The van der Waals surface area contributed by atoms with E-state index < -0.39 is 12.1 Å². The SMILES string of the molecule is CCC(OC(=O)Cc1ccc2c(c1)OCO2)C(=O)Cc1cc(C)on1. The second kappa shape index (κ2) is 7.38. The summed E-state index contributed by atoms with van der Waals surface area (Å²) in [4.78, 5) is 24.5. The lowest BCUT2D eigenvalue weighted by atomic mass is 10.1. The molecule has 0 bridgehead atoms. The summed E-state index contributed by atoms with van der Waals surface area (Å²) in [5.74, 6) is 1.23. The van der Waals surface area contributed by atoms with Crippen molar-refractivity contribution in [3.8, 4) is 11.5 Å². The number of aryl methyl sites for hydroxylation is 1. The quantitative estimate of drug-likeness (QED) is 0.712. The lowest BCUT2D eigenvalue weighted by Gasteiger charge is -2.14. The Balaban J connectivity index is 1.57. The van der Waals surface area contributed by atoms with Crippen LogP contribution >= 0.6 is 0 Å². The van der Waals surface area contributed by atoms with Gasteiger partial charge in [0.15, 0.2) is 23.4 Å². The van der Waals surface area contributed by atoms with E-state index in [1.54, 1.807) is 38.1 Å². The first-order valence-electron chi connectivity index (χ1n) is 8.08. The fourth-order valence-corrected chi connectivity index (χ4v) is 2.59. The van der Waals surface area contributed by atoms with Crippen LogP contribution in [-0.2, 0) is 27.2 Å². The van der Waals surface area contributed by atoms with Crippen molar-refractivity contribution in [2.45, 2.75) is 39.2 Å². The Kier molecular flexibility index (Phi) is 5.02. The van der Waals surface area contributed by atoms with Gasteiger partial charge >= 0.3 is 5.97 Å². The zero-order valence-electron chi connectivity index (χ0n) is 14.1. The molecule has 1 atom stereocenters. The maximum atomic E-state index is 12.3. The van der Waals surface area contributed by atoms with Crippen molar-refractivity contribution in [2.75, 3.05) is 6.79 Å². The van der Waals surface area contributed by atoms with Crippen molar-refractivity contribution < 1.29 is 28.3 Å². The van der Waals surface area contributed by atoms with E-state index in [4.69, 9.17) is 18.7 Å². The van der Waals surface area contributed by atoms with Gasteiger partial charge in [0.25, 0.3) is 0 Å². The lowest BCUT2D eigenvalue weighted by Crippen LogP contribution is -2.28. The van der Waals surface area contributed by atoms with Gasteiger partial charge < -0.3 is 18.7 Å². The van der Waals surface area contributed by atoms with Crippen LogP contribution in [0.5, 0.6) is 11.5 Å². The molecule has 7 nitrogen and oxygen atoms in total. The zero-order chi connectivity index (χ0) is 17.8. The maximum Gasteiger partial charge on any atom is 0.310 e. The van der Waals surface area contributed by atoms with Crippen LogP contribution in [0.15, 0.2) is 28.8 Å². The number of fused-ring (bicyclic) bond motifs is 1. The third-order valence-corrected chi connectivity index (χ3v) is 3.82. The molecule has 0 spiro atoms. The lowest BCUT2D eigenvalue weighted by molar-refractivity contribution is -0.154. The van der Waals surface area contributed by atoms with Crippen molar-refractivity contribution in [1.29, 1.82) is 0 Å². The number of benzene rings is 1. The molecule has 0 N–H and O–H groups in total. The molecule has 132 valence electrons. The number of carbonyl (C=O) groups is 2. The van der Waals surface area contributed by atoms with E-state index in [-0.39, 0.29) is 25.4 Å². The summed E-state index contributed by atoms with van der Waals surface area (Å²) in [7, 11) is 0. The molecule has 0 saturated carbocycles. The van der Waals surface area contributed by atoms with E-state index in [1.165, 1.54) is 0 Å². The van der Waals surface area contributed by atoms with E-state index in [0.29, 0.717) is 29.4 Å². The van der Waals surface area contributed by atoms with Gasteiger partial charge in [-0.2, -0.15) is 0 Å². The van der Waals surface area contributed by atoms with Crippen molar-refractivity contribution in [2.24, 2.45) is 0 Å². The fraction of sp³-hybridized carbons (Fsp3) is 0.389. The predicted molar refractivity (Wildman–Crippen MR) is 86.4 cm³/mol. The molecule has 2 aromatic rings. The topological polar surface area (TPSA) is 87.9 Å². The summed E-state index contributed by atoms with van der Waals surface area (Å²) in [6.45, 7) is 3.73. The zero-order valence-corrected chi connectivity index (χ0v) is 14.1. The smallest absolute Gasteiger partial charge is 0.310 e. The van der Waals surface area contributed by atoms with Crippen LogP contribution < -0.4 is 9.47 Å². The van der Waals surface area contributed by atoms with Crippen LogP contribution in [0.2, 0.25) is 0 Å². The molecule has 7 heteroatoms. The second-order valence-electron chi connectivity index (χ2n) is 5.82. The highest BCUT2D eigenvalue weighted by atomic mass is 16.7. The Morgan fingerprint density at radius 1 is 1.20 bits per heavy atom. The molecule has 3 rings (SSSR count). The first-order chi connectivity index (χ1) is 12.0. The molecule has 0 fully saturated rings. The number of ether oxygens (including phenoxy) is 3. The Hall–Kier alpha value is -2.83. The molecule has 1 aliphatic heterocycles. The van der Waals surface area contributed by atoms with Crippen molar-refractivity contribution in [1.82, 2.24) is 5.16 Å². The predicted octanol–water partition coefficient (Wildman–Crippen LogP) is 2.39. The number of ketones is 1. The number of hydrogen-bond donors (Lipinski definition) is 0. The molecule has 1 aromatic heterocycles. The molecule has 1 aliphatic rings. The van der Waals surface area contributed by atoms with E-state index in [9.17, 15) is 9.59 Å². The van der Waals surface area contributed by atoms with Crippen LogP contribution in [0.3, 0.4) is 0 Å². The summed E-state index contributed by atoms with van der Waals surface area (Å²) < 4.78 is 20.8. The van der Waals surface area contributed by atoms with Gasteiger partial charge in [-0.1, -0.05) is 18.1 Å². The Labute approximate surface area is 144 Å². The molecule has 1 aromatic carbocycles. The molecule has 0 amide bonds. The first-order valence-corrected chi connectivity index (χ1v) is 8.08.